The molecular formula is C15H13FN4O2. The first-order valence-electron chi connectivity index (χ1n) is 6.67. The molecule has 1 aromatic carbocycles. The van der Waals surface area contributed by atoms with Crippen molar-refractivity contribution >= 4 is 22.5 Å². The molecule has 22 heavy (non-hydrogen) atoms. The van der Waals surface area contributed by atoms with Gasteiger partial charge in [0.1, 0.15) is 5.82 Å². The van der Waals surface area contributed by atoms with Crippen LogP contribution in [0.25, 0.3) is 10.9 Å². The minimum Gasteiger partial charge on any atom is -0.395 e. The van der Waals surface area contributed by atoms with Crippen molar-refractivity contribution in [2.45, 2.75) is 6.54 Å². The average molecular weight is 300 g/mol. The van der Waals surface area contributed by atoms with E-state index < -0.39 is 11.4 Å². The molecule has 0 radical (unpaired) electrons. The molecule has 0 saturated heterocycles. The van der Waals surface area contributed by atoms with Gasteiger partial charge in [-0.15, -0.1) is 0 Å². The molecule has 2 N–H and O–H groups in total. The number of rotatable bonds is 4. The summed E-state index contributed by atoms with van der Waals surface area (Å²) in [6.45, 7) is -0.176. The molecule has 0 unspecified atom stereocenters. The van der Waals surface area contributed by atoms with Gasteiger partial charge in [-0.25, -0.2) is 9.37 Å². The summed E-state index contributed by atoms with van der Waals surface area (Å²) < 4.78 is 14.6. The number of aliphatic hydroxyl groups excluding tert-OH is 1. The standard InChI is InChI=1S/C15H13FN4O2/c16-10-3-4-13-12(8-10)14(22)20(6-7-21)15(19-13)18-11-2-1-5-17-9-11/h1-5,8-9,21H,6-7H2,(H,18,19). The third-order valence-corrected chi connectivity index (χ3v) is 3.16. The van der Waals surface area contributed by atoms with Crippen molar-refractivity contribution in [3.63, 3.8) is 0 Å². The smallest absolute Gasteiger partial charge is 0.262 e. The molecule has 0 bridgehead atoms. The molecule has 2 aromatic heterocycles. The number of halogens is 1. The highest BCUT2D eigenvalue weighted by atomic mass is 19.1. The lowest BCUT2D eigenvalue weighted by molar-refractivity contribution is 0.275. The number of nitrogens with one attached hydrogen (secondary N) is 1. The fraction of sp³-hybridized carbons (Fsp3) is 0.133. The van der Waals surface area contributed by atoms with Crippen LogP contribution in [0.2, 0.25) is 0 Å². The van der Waals surface area contributed by atoms with Crippen molar-refractivity contribution in [1.82, 2.24) is 14.5 Å². The van der Waals surface area contributed by atoms with E-state index in [1.165, 1.54) is 16.7 Å². The highest BCUT2D eigenvalue weighted by Crippen LogP contribution is 2.16. The second-order valence-electron chi connectivity index (χ2n) is 4.64. The molecule has 0 spiro atoms. The number of hydrogen-bond donors (Lipinski definition) is 2. The molecule has 2 heterocycles. The molecule has 0 aliphatic carbocycles. The molecule has 0 atom stereocenters. The summed E-state index contributed by atoms with van der Waals surface area (Å²) in [5, 5.41) is 12.3. The minimum atomic E-state index is -0.505. The quantitative estimate of drug-likeness (QED) is 0.766. The summed E-state index contributed by atoms with van der Waals surface area (Å²) in [5.41, 5.74) is 0.625. The Kier molecular flexibility index (Phi) is 3.80. The summed E-state index contributed by atoms with van der Waals surface area (Å²) in [6.07, 6.45) is 3.22. The first-order chi connectivity index (χ1) is 10.7. The lowest BCUT2D eigenvalue weighted by Gasteiger charge is -2.13. The molecule has 0 saturated carbocycles. The number of benzene rings is 1. The number of nitrogens with zero attached hydrogens (tertiary/aromatic N) is 3. The lowest BCUT2D eigenvalue weighted by Crippen LogP contribution is -2.25. The van der Waals surface area contributed by atoms with Gasteiger partial charge >= 0.3 is 0 Å². The Morgan fingerprint density at radius 1 is 1.32 bits per heavy atom. The van der Waals surface area contributed by atoms with Crippen LogP contribution >= 0.6 is 0 Å². The van der Waals surface area contributed by atoms with E-state index in [1.54, 1.807) is 24.5 Å². The van der Waals surface area contributed by atoms with Crippen molar-refractivity contribution < 1.29 is 9.50 Å². The largest absolute Gasteiger partial charge is 0.395 e. The van der Waals surface area contributed by atoms with Gasteiger partial charge in [0.15, 0.2) is 0 Å². The maximum Gasteiger partial charge on any atom is 0.262 e. The first kappa shape index (κ1) is 14.2. The number of aromatic nitrogens is 3. The van der Waals surface area contributed by atoms with Gasteiger partial charge < -0.3 is 10.4 Å². The van der Waals surface area contributed by atoms with Crippen molar-refractivity contribution in [2.24, 2.45) is 0 Å². The van der Waals surface area contributed by atoms with Crippen LogP contribution in [0.3, 0.4) is 0 Å². The van der Waals surface area contributed by atoms with Crippen LogP contribution < -0.4 is 10.9 Å². The summed E-state index contributed by atoms with van der Waals surface area (Å²) in [4.78, 5) is 20.8. The zero-order chi connectivity index (χ0) is 15.5. The lowest BCUT2D eigenvalue weighted by atomic mass is 10.2. The van der Waals surface area contributed by atoms with E-state index in [4.69, 9.17) is 5.11 Å². The average Bonchev–Trinajstić information content (AvgIpc) is 2.53. The molecule has 0 aliphatic rings. The zero-order valence-electron chi connectivity index (χ0n) is 11.5. The highest BCUT2D eigenvalue weighted by Gasteiger charge is 2.11. The van der Waals surface area contributed by atoms with Gasteiger partial charge in [0, 0.05) is 6.20 Å². The van der Waals surface area contributed by atoms with E-state index in [2.05, 4.69) is 15.3 Å². The van der Waals surface area contributed by atoms with Crippen molar-refractivity contribution in [3.8, 4) is 0 Å². The van der Waals surface area contributed by atoms with E-state index in [-0.39, 0.29) is 24.5 Å². The molecule has 3 rings (SSSR count). The summed E-state index contributed by atoms with van der Waals surface area (Å²) >= 11 is 0. The van der Waals surface area contributed by atoms with Crippen LogP contribution in [-0.2, 0) is 6.54 Å². The van der Waals surface area contributed by atoms with Crippen molar-refractivity contribution in [1.29, 1.82) is 0 Å². The number of fused-ring (bicyclic) bond motifs is 1. The fourth-order valence-corrected chi connectivity index (χ4v) is 2.16. The normalized spacial score (nSPS) is 10.8. The van der Waals surface area contributed by atoms with Crippen LogP contribution in [0.5, 0.6) is 0 Å². The molecule has 7 heteroatoms. The van der Waals surface area contributed by atoms with E-state index in [1.807, 2.05) is 0 Å². The van der Waals surface area contributed by atoms with Crippen LogP contribution in [0.1, 0.15) is 0 Å². The van der Waals surface area contributed by atoms with Crippen LogP contribution in [-0.4, -0.2) is 26.2 Å². The zero-order valence-corrected chi connectivity index (χ0v) is 11.5. The number of hydrogen-bond acceptors (Lipinski definition) is 5. The maximum absolute atomic E-state index is 13.3. The minimum absolute atomic E-state index is 0.0564. The Hall–Kier alpha value is -2.80. The second-order valence-corrected chi connectivity index (χ2v) is 4.64. The van der Waals surface area contributed by atoms with E-state index in [0.717, 1.165) is 6.07 Å². The Morgan fingerprint density at radius 2 is 2.18 bits per heavy atom. The molecular weight excluding hydrogens is 287 g/mol. The van der Waals surface area contributed by atoms with E-state index in [9.17, 15) is 9.18 Å². The first-order valence-corrected chi connectivity index (χ1v) is 6.67. The second kappa shape index (κ2) is 5.90. The molecule has 0 amide bonds. The predicted octanol–water partition coefficient (Wildman–Crippen LogP) is 1.67. The summed E-state index contributed by atoms with van der Waals surface area (Å²) in [7, 11) is 0. The van der Waals surface area contributed by atoms with Crippen LogP contribution in [0.15, 0.2) is 47.5 Å². The number of pyridine rings is 1. The predicted molar refractivity (Wildman–Crippen MR) is 80.6 cm³/mol. The van der Waals surface area contributed by atoms with E-state index >= 15 is 0 Å². The molecule has 3 aromatic rings. The molecule has 0 aliphatic heterocycles. The summed E-state index contributed by atoms with van der Waals surface area (Å²) in [5.74, 6) is -0.235. The van der Waals surface area contributed by atoms with Gasteiger partial charge in [0.2, 0.25) is 5.95 Å². The van der Waals surface area contributed by atoms with Crippen molar-refractivity contribution in [2.75, 3.05) is 11.9 Å². The molecule has 112 valence electrons. The SMILES string of the molecule is O=c1c2cc(F)ccc2nc(Nc2cccnc2)n1CCO. The number of aliphatic hydroxyl groups is 1. The third-order valence-electron chi connectivity index (χ3n) is 3.16. The topological polar surface area (TPSA) is 80.0 Å². The Bertz CT molecular complexity index is 865. The Labute approximate surface area is 124 Å². The fourth-order valence-electron chi connectivity index (χ4n) is 2.16. The monoisotopic (exact) mass is 300 g/mol. The van der Waals surface area contributed by atoms with E-state index in [0.29, 0.717) is 11.2 Å². The Morgan fingerprint density at radius 3 is 2.91 bits per heavy atom. The van der Waals surface area contributed by atoms with Gasteiger partial charge in [-0.2, -0.15) is 0 Å². The third kappa shape index (κ3) is 2.66. The van der Waals surface area contributed by atoms with Gasteiger partial charge in [0.25, 0.3) is 5.56 Å². The summed E-state index contributed by atoms with van der Waals surface area (Å²) in [6, 6.07) is 7.36. The van der Waals surface area contributed by atoms with Gasteiger partial charge in [0.05, 0.1) is 35.9 Å². The number of anilines is 2. The van der Waals surface area contributed by atoms with Gasteiger partial charge in [-0.05, 0) is 30.3 Å². The molecule has 6 nitrogen and oxygen atoms in total. The Balaban J connectivity index is 2.17. The molecule has 0 fully saturated rings. The van der Waals surface area contributed by atoms with Crippen molar-refractivity contribution in [3.05, 3.63) is 58.9 Å². The van der Waals surface area contributed by atoms with Gasteiger partial charge in [-0.3, -0.25) is 14.3 Å². The van der Waals surface area contributed by atoms with Crippen LogP contribution in [0.4, 0.5) is 16.0 Å². The highest BCUT2D eigenvalue weighted by molar-refractivity contribution is 5.79. The van der Waals surface area contributed by atoms with Crippen LogP contribution in [0, 0.1) is 5.82 Å². The van der Waals surface area contributed by atoms with Gasteiger partial charge in [-0.1, -0.05) is 0 Å². The maximum atomic E-state index is 13.3.